The second-order valence-corrected chi connectivity index (χ2v) is 10.4. The number of urea groups is 1. The first kappa shape index (κ1) is 29.7. The number of nitrogens with zero attached hydrogens (tertiary/aromatic N) is 3. The molecule has 1 aromatic heterocycles. The summed E-state index contributed by atoms with van der Waals surface area (Å²) in [7, 11) is 5.85. The van der Waals surface area contributed by atoms with Crippen molar-refractivity contribution in [3.05, 3.63) is 88.6 Å². The maximum Gasteiger partial charge on any atom is 0.320 e. The van der Waals surface area contributed by atoms with Gasteiger partial charge in [-0.2, -0.15) is 0 Å². The Kier molecular flexibility index (Phi) is 10.5. The topological polar surface area (TPSA) is 98.8 Å². The highest BCUT2D eigenvalue weighted by Gasteiger charge is 2.23. The van der Waals surface area contributed by atoms with Gasteiger partial charge in [0.15, 0.2) is 0 Å². The van der Waals surface area contributed by atoms with Gasteiger partial charge in [0.2, 0.25) is 0 Å². The molecule has 0 unspecified atom stereocenters. The number of ether oxygens (including phenoxy) is 1. The summed E-state index contributed by atoms with van der Waals surface area (Å²) in [6.45, 7) is 5.90. The number of methoxy groups -OCH3 is 1. The van der Waals surface area contributed by atoms with Gasteiger partial charge in [0, 0.05) is 67.9 Å². The van der Waals surface area contributed by atoms with Crippen molar-refractivity contribution in [2.45, 2.75) is 25.9 Å². The SMILES string of the molecule is COCCNC(=O)Nc1ccc(C#Cc2cc(C(=O)Nc3ccc(CN4CC[C@H](N(C)C)C4)cc3)ccc2C)cn1. The van der Waals surface area contributed by atoms with Crippen LogP contribution in [0.5, 0.6) is 0 Å². The molecule has 3 aromatic rings. The number of carbonyl (C=O) groups excluding carboxylic acids is 2. The average molecular weight is 555 g/mol. The van der Waals surface area contributed by atoms with Crippen LogP contribution >= 0.6 is 0 Å². The highest BCUT2D eigenvalue weighted by molar-refractivity contribution is 6.04. The van der Waals surface area contributed by atoms with E-state index >= 15 is 0 Å². The monoisotopic (exact) mass is 554 g/mol. The minimum Gasteiger partial charge on any atom is -0.383 e. The van der Waals surface area contributed by atoms with E-state index < -0.39 is 0 Å². The van der Waals surface area contributed by atoms with Crippen LogP contribution in [0.15, 0.2) is 60.8 Å². The summed E-state index contributed by atoms with van der Waals surface area (Å²) in [5.41, 5.74) is 4.94. The number of amides is 3. The average Bonchev–Trinajstić information content (AvgIpc) is 3.43. The summed E-state index contributed by atoms with van der Waals surface area (Å²) < 4.78 is 4.91. The zero-order valence-corrected chi connectivity index (χ0v) is 24.2. The lowest BCUT2D eigenvalue weighted by atomic mass is 10.0. The van der Waals surface area contributed by atoms with Gasteiger partial charge >= 0.3 is 6.03 Å². The van der Waals surface area contributed by atoms with Gasteiger partial charge in [-0.15, -0.1) is 0 Å². The number of nitrogens with one attached hydrogen (secondary N) is 3. The highest BCUT2D eigenvalue weighted by atomic mass is 16.5. The van der Waals surface area contributed by atoms with Crippen LogP contribution in [0.1, 0.15) is 39.0 Å². The van der Waals surface area contributed by atoms with E-state index in [0.717, 1.165) is 36.4 Å². The van der Waals surface area contributed by atoms with E-state index in [-0.39, 0.29) is 11.9 Å². The smallest absolute Gasteiger partial charge is 0.320 e. The third kappa shape index (κ3) is 8.88. The zero-order chi connectivity index (χ0) is 29.2. The summed E-state index contributed by atoms with van der Waals surface area (Å²) in [4.78, 5) is 33.9. The number of aromatic nitrogens is 1. The molecule has 9 heteroatoms. The molecule has 2 heterocycles. The van der Waals surface area contributed by atoms with Crippen molar-refractivity contribution in [1.29, 1.82) is 0 Å². The fourth-order valence-corrected chi connectivity index (χ4v) is 4.54. The summed E-state index contributed by atoms with van der Waals surface area (Å²) in [5, 5.41) is 8.33. The first-order chi connectivity index (χ1) is 19.8. The third-order valence-electron chi connectivity index (χ3n) is 7.03. The Hall–Kier alpha value is -4.23. The predicted octanol–water partition coefficient (Wildman–Crippen LogP) is 3.95. The number of aryl methyl sites for hydroxylation is 1. The Balaban J connectivity index is 1.33. The zero-order valence-electron chi connectivity index (χ0n) is 24.2. The maximum atomic E-state index is 13.0. The van der Waals surface area contributed by atoms with Crippen LogP contribution in [0.4, 0.5) is 16.3 Å². The third-order valence-corrected chi connectivity index (χ3v) is 7.03. The first-order valence-corrected chi connectivity index (χ1v) is 13.7. The molecule has 9 nitrogen and oxygen atoms in total. The van der Waals surface area contributed by atoms with Crippen molar-refractivity contribution in [3.8, 4) is 11.8 Å². The van der Waals surface area contributed by atoms with E-state index in [4.69, 9.17) is 4.74 Å². The molecule has 41 heavy (non-hydrogen) atoms. The van der Waals surface area contributed by atoms with Gasteiger partial charge < -0.3 is 20.3 Å². The second-order valence-electron chi connectivity index (χ2n) is 10.4. The quantitative estimate of drug-likeness (QED) is 0.274. The molecule has 3 N–H and O–H groups in total. The van der Waals surface area contributed by atoms with Crippen molar-refractivity contribution in [2.75, 3.05) is 58.1 Å². The summed E-state index contributed by atoms with van der Waals surface area (Å²) in [6, 6.07) is 17.3. The molecule has 4 rings (SSSR count). The first-order valence-electron chi connectivity index (χ1n) is 13.7. The van der Waals surface area contributed by atoms with Gasteiger partial charge in [-0.3, -0.25) is 15.0 Å². The Bertz CT molecular complexity index is 1390. The molecule has 0 spiro atoms. The molecule has 0 aliphatic carbocycles. The van der Waals surface area contributed by atoms with Crippen molar-refractivity contribution in [2.24, 2.45) is 0 Å². The Morgan fingerprint density at radius 1 is 1.07 bits per heavy atom. The van der Waals surface area contributed by atoms with E-state index in [9.17, 15) is 9.59 Å². The molecule has 1 aliphatic heterocycles. The van der Waals surface area contributed by atoms with Crippen LogP contribution in [-0.2, 0) is 11.3 Å². The van der Waals surface area contributed by atoms with E-state index in [1.54, 1.807) is 37.6 Å². The molecular weight excluding hydrogens is 516 g/mol. The van der Waals surface area contributed by atoms with Crippen LogP contribution < -0.4 is 16.0 Å². The molecule has 1 atom stereocenters. The molecule has 0 radical (unpaired) electrons. The normalized spacial score (nSPS) is 14.8. The van der Waals surface area contributed by atoms with Gasteiger partial charge in [0.05, 0.1) is 6.61 Å². The van der Waals surface area contributed by atoms with Gasteiger partial charge in [0.25, 0.3) is 5.91 Å². The van der Waals surface area contributed by atoms with Crippen LogP contribution in [-0.4, -0.2) is 80.2 Å². The second kappa shape index (κ2) is 14.4. The van der Waals surface area contributed by atoms with E-state index in [1.165, 1.54) is 12.0 Å². The number of likely N-dealkylation sites (tertiary alicyclic amines) is 1. The van der Waals surface area contributed by atoms with E-state index in [2.05, 4.69) is 68.8 Å². The molecule has 1 aliphatic rings. The standard InChI is InChI=1S/C32H38N6O3/c1-23-5-10-27(19-26(23)11-6-24-9-14-30(34-20-24)36-32(40)33-16-18-41-4)31(39)35-28-12-7-25(8-13-28)21-38-17-15-29(22-38)37(2)3/h5,7-10,12-14,19-20,29H,15-18,21-22H2,1-4H3,(H,35,39)(H2,33,34,36,40)/t29-/m0/s1. The van der Waals surface area contributed by atoms with Gasteiger partial charge in [-0.25, -0.2) is 9.78 Å². The molecular formula is C32H38N6O3. The number of hydrogen-bond donors (Lipinski definition) is 3. The number of hydrogen-bond acceptors (Lipinski definition) is 6. The van der Waals surface area contributed by atoms with Gasteiger partial charge in [-0.1, -0.05) is 30.0 Å². The fraction of sp³-hybridized carbons (Fsp3) is 0.344. The van der Waals surface area contributed by atoms with Crippen molar-refractivity contribution < 1.29 is 14.3 Å². The number of benzene rings is 2. The van der Waals surface area contributed by atoms with Gasteiger partial charge in [-0.05, 0) is 75.0 Å². The largest absolute Gasteiger partial charge is 0.383 e. The van der Waals surface area contributed by atoms with E-state index in [0.29, 0.717) is 36.1 Å². The number of carbonyl (C=O) groups is 2. The molecule has 0 saturated carbocycles. The van der Waals surface area contributed by atoms with Crippen molar-refractivity contribution >= 4 is 23.4 Å². The fourth-order valence-electron chi connectivity index (χ4n) is 4.54. The Morgan fingerprint density at radius 2 is 1.88 bits per heavy atom. The summed E-state index contributed by atoms with van der Waals surface area (Å²) in [6.07, 6.45) is 2.79. The lowest BCUT2D eigenvalue weighted by molar-refractivity contribution is 0.102. The molecule has 1 saturated heterocycles. The molecule has 2 aromatic carbocycles. The molecule has 0 bridgehead atoms. The Morgan fingerprint density at radius 3 is 2.56 bits per heavy atom. The van der Waals surface area contributed by atoms with Crippen LogP contribution in [0.2, 0.25) is 0 Å². The number of pyridine rings is 1. The van der Waals surface area contributed by atoms with Crippen LogP contribution in [0.3, 0.4) is 0 Å². The number of anilines is 2. The summed E-state index contributed by atoms with van der Waals surface area (Å²) in [5.74, 6) is 6.47. The predicted molar refractivity (Wildman–Crippen MR) is 162 cm³/mol. The number of rotatable bonds is 9. The van der Waals surface area contributed by atoms with Crippen molar-refractivity contribution in [1.82, 2.24) is 20.1 Å². The van der Waals surface area contributed by atoms with Crippen LogP contribution in [0, 0.1) is 18.8 Å². The number of likely N-dealkylation sites (N-methyl/N-ethyl adjacent to an activating group) is 1. The summed E-state index contributed by atoms with van der Waals surface area (Å²) >= 11 is 0. The van der Waals surface area contributed by atoms with Crippen LogP contribution in [0.25, 0.3) is 0 Å². The lowest BCUT2D eigenvalue weighted by Gasteiger charge is -2.20. The van der Waals surface area contributed by atoms with Gasteiger partial charge in [0.1, 0.15) is 5.82 Å². The maximum absolute atomic E-state index is 13.0. The van der Waals surface area contributed by atoms with Crippen molar-refractivity contribution in [3.63, 3.8) is 0 Å². The molecule has 3 amide bonds. The molecule has 214 valence electrons. The highest BCUT2D eigenvalue weighted by Crippen LogP contribution is 2.19. The Labute approximate surface area is 242 Å². The van der Waals surface area contributed by atoms with E-state index in [1.807, 2.05) is 25.1 Å². The minimum atomic E-state index is -0.351. The molecule has 1 fully saturated rings. The lowest BCUT2D eigenvalue weighted by Crippen LogP contribution is -2.31. The minimum absolute atomic E-state index is 0.185.